The second kappa shape index (κ2) is 17.3. The number of benzene rings is 4. The van der Waals surface area contributed by atoms with Gasteiger partial charge in [0.1, 0.15) is 6.04 Å². The lowest BCUT2D eigenvalue weighted by atomic mass is 9.97. The van der Waals surface area contributed by atoms with Crippen LogP contribution in [0.1, 0.15) is 72.5 Å². The summed E-state index contributed by atoms with van der Waals surface area (Å²) in [4.78, 5) is 27.6. The Labute approximate surface area is 313 Å². The first kappa shape index (κ1) is 39.1. The Kier molecular flexibility index (Phi) is 12.5. The second-order valence-electron chi connectivity index (χ2n) is 14.0. The standard InChI is InChI=1S/C42H46F3N3O6/c1-27(38(50)31-9-4-3-5-10-31)47(2)25-34-23-37(30-16-14-28(26-49)15-17-30)54-40(53-34)32-20-18-29(19-21-32)35-12-7-6-11-33(35)24-46-39(51)36-13-8-22-48(36)41(52)42(43,44)45/h3-7,9-12,14-21,27,34,36-38,40,49-50H,8,13,22-26H2,1-2H3,(H,46,51)/t27-,34-,36-,37+,38-,40+/m0/s1. The maximum absolute atomic E-state index is 13.1. The summed E-state index contributed by atoms with van der Waals surface area (Å²) in [5, 5.41) is 23.4. The van der Waals surface area contributed by atoms with E-state index >= 15 is 0 Å². The largest absolute Gasteiger partial charge is 0.471 e. The average molecular weight is 746 g/mol. The van der Waals surface area contributed by atoms with E-state index in [0.717, 1.165) is 38.9 Å². The van der Waals surface area contributed by atoms with Crippen LogP contribution in [0.5, 0.6) is 0 Å². The highest BCUT2D eigenvalue weighted by molar-refractivity contribution is 5.90. The molecule has 0 spiro atoms. The van der Waals surface area contributed by atoms with Gasteiger partial charge in [-0.25, -0.2) is 0 Å². The number of rotatable bonds is 12. The van der Waals surface area contributed by atoms with E-state index in [0.29, 0.717) is 24.3 Å². The SMILES string of the molecule is C[C@@H]([C@H](O)c1ccccc1)N(C)C[C@@H]1C[C@H](c2ccc(CO)cc2)O[C@H](c2ccc(-c3ccccc3CNC(=O)[C@@H]3CCCN3C(=O)C(F)(F)F)cc2)O1. The fourth-order valence-electron chi connectivity index (χ4n) is 7.21. The zero-order valence-corrected chi connectivity index (χ0v) is 30.3. The van der Waals surface area contributed by atoms with Crippen molar-refractivity contribution >= 4 is 11.8 Å². The van der Waals surface area contributed by atoms with Crippen LogP contribution in [-0.4, -0.2) is 76.3 Å². The summed E-state index contributed by atoms with van der Waals surface area (Å²) in [7, 11) is 1.97. The number of carbonyl (C=O) groups is 2. The molecule has 2 amide bonds. The van der Waals surface area contributed by atoms with E-state index in [9.17, 15) is 33.0 Å². The molecule has 4 aromatic rings. The molecule has 2 saturated heterocycles. The molecule has 0 radical (unpaired) electrons. The molecule has 2 aliphatic rings. The molecule has 0 aliphatic carbocycles. The van der Waals surface area contributed by atoms with Crippen LogP contribution in [-0.2, 0) is 32.2 Å². The smallest absolute Gasteiger partial charge is 0.392 e. The molecule has 9 nitrogen and oxygen atoms in total. The number of likely N-dealkylation sites (tertiary alicyclic amines) is 1. The van der Waals surface area contributed by atoms with Gasteiger partial charge < -0.3 is 29.9 Å². The molecule has 2 fully saturated rings. The minimum atomic E-state index is -5.04. The van der Waals surface area contributed by atoms with Crippen molar-refractivity contribution in [2.75, 3.05) is 20.1 Å². The minimum Gasteiger partial charge on any atom is -0.392 e. The van der Waals surface area contributed by atoms with E-state index in [1.807, 2.05) is 117 Å². The summed E-state index contributed by atoms with van der Waals surface area (Å²) in [6.45, 7) is 2.42. The lowest BCUT2D eigenvalue weighted by Crippen LogP contribution is -2.50. The molecule has 6 atom stereocenters. The number of amides is 2. The lowest BCUT2D eigenvalue weighted by Gasteiger charge is -2.39. The van der Waals surface area contributed by atoms with Crippen LogP contribution in [0.2, 0.25) is 0 Å². The van der Waals surface area contributed by atoms with Gasteiger partial charge in [-0.3, -0.25) is 14.5 Å². The van der Waals surface area contributed by atoms with Gasteiger partial charge in [0.2, 0.25) is 5.91 Å². The molecule has 2 aliphatic heterocycles. The number of aliphatic hydroxyl groups is 2. The molecule has 2 heterocycles. The Balaban J connectivity index is 1.17. The van der Waals surface area contributed by atoms with E-state index in [4.69, 9.17) is 9.47 Å². The molecule has 4 aromatic carbocycles. The topological polar surface area (TPSA) is 112 Å². The monoisotopic (exact) mass is 745 g/mol. The van der Waals surface area contributed by atoms with Crippen molar-refractivity contribution in [3.05, 3.63) is 131 Å². The van der Waals surface area contributed by atoms with Crippen molar-refractivity contribution in [1.82, 2.24) is 15.1 Å². The molecule has 6 rings (SSSR count). The molecule has 0 unspecified atom stereocenters. The van der Waals surface area contributed by atoms with Gasteiger partial charge in [0.05, 0.1) is 24.9 Å². The van der Waals surface area contributed by atoms with E-state index in [1.165, 1.54) is 0 Å². The predicted molar refractivity (Wildman–Crippen MR) is 196 cm³/mol. The van der Waals surface area contributed by atoms with Crippen LogP contribution in [0.4, 0.5) is 13.2 Å². The van der Waals surface area contributed by atoms with Gasteiger partial charge >= 0.3 is 12.1 Å². The number of hydrogen-bond acceptors (Lipinski definition) is 7. The summed E-state index contributed by atoms with van der Waals surface area (Å²) in [5.74, 6) is -2.61. The number of aliphatic hydroxyl groups excluding tert-OH is 2. The van der Waals surface area contributed by atoms with Crippen molar-refractivity contribution in [2.24, 2.45) is 0 Å². The van der Waals surface area contributed by atoms with Crippen LogP contribution >= 0.6 is 0 Å². The van der Waals surface area contributed by atoms with Gasteiger partial charge in [0.15, 0.2) is 6.29 Å². The third-order valence-electron chi connectivity index (χ3n) is 10.4. The van der Waals surface area contributed by atoms with Crippen LogP contribution in [0.3, 0.4) is 0 Å². The number of hydrogen-bond donors (Lipinski definition) is 3. The van der Waals surface area contributed by atoms with Gasteiger partial charge in [-0.15, -0.1) is 0 Å². The molecule has 54 heavy (non-hydrogen) atoms. The van der Waals surface area contributed by atoms with Crippen LogP contribution < -0.4 is 5.32 Å². The van der Waals surface area contributed by atoms with Crippen LogP contribution in [0.15, 0.2) is 103 Å². The first-order valence-corrected chi connectivity index (χ1v) is 18.2. The van der Waals surface area contributed by atoms with Crippen molar-refractivity contribution in [3.63, 3.8) is 0 Å². The Bertz CT molecular complexity index is 1860. The lowest BCUT2D eigenvalue weighted by molar-refractivity contribution is -0.253. The maximum Gasteiger partial charge on any atom is 0.471 e. The van der Waals surface area contributed by atoms with Gasteiger partial charge in [-0.05, 0) is 60.2 Å². The van der Waals surface area contributed by atoms with Crippen molar-refractivity contribution < 1.29 is 42.4 Å². The number of ether oxygens (including phenoxy) is 2. The normalized spacial score (nSPS) is 21.5. The third-order valence-corrected chi connectivity index (χ3v) is 10.4. The third kappa shape index (κ3) is 9.19. The second-order valence-corrected chi connectivity index (χ2v) is 14.0. The highest BCUT2D eigenvalue weighted by atomic mass is 19.4. The van der Waals surface area contributed by atoms with E-state index in [1.54, 1.807) is 0 Å². The molecule has 0 bridgehead atoms. The van der Waals surface area contributed by atoms with Gasteiger partial charge in [-0.2, -0.15) is 13.2 Å². The number of nitrogens with zero attached hydrogens (tertiary/aromatic N) is 2. The summed E-state index contributed by atoms with van der Waals surface area (Å²) in [6, 6.07) is 31.0. The molecule has 3 N–H and O–H groups in total. The zero-order valence-electron chi connectivity index (χ0n) is 30.3. The Hall–Kier alpha value is -4.59. The highest BCUT2D eigenvalue weighted by Crippen LogP contribution is 2.39. The molecule has 0 aromatic heterocycles. The summed E-state index contributed by atoms with van der Waals surface area (Å²) >= 11 is 0. The van der Waals surface area contributed by atoms with Crippen molar-refractivity contribution in [2.45, 2.75) is 82.2 Å². The first-order valence-electron chi connectivity index (χ1n) is 18.2. The molecular weight excluding hydrogens is 699 g/mol. The summed E-state index contributed by atoms with van der Waals surface area (Å²) in [5.41, 5.74) is 5.84. The van der Waals surface area contributed by atoms with Crippen LogP contribution in [0.25, 0.3) is 11.1 Å². The summed E-state index contributed by atoms with van der Waals surface area (Å²) < 4.78 is 52.5. The van der Waals surface area contributed by atoms with Gasteiger partial charge in [0.25, 0.3) is 0 Å². The van der Waals surface area contributed by atoms with Gasteiger partial charge in [-0.1, -0.05) is 103 Å². The van der Waals surface area contributed by atoms with E-state index in [2.05, 4.69) is 10.2 Å². The minimum absolute atomic E-state index is 0.0590. The number of nitrogens with one attached hydrogen (secondary N) is 1. The number of alkyl halides is 3. The maximum atomic E-state index is 13.1. The molecule has 0 saturated carbocycles. The Morgan fingerprint density at radius 2 is 1.59 bits per heavy atom. The fourth-order valence-corrected chi connectivity index (χ4v) is 7.21. The predicted octanol–water partition coefficient (Wildman–Crippen LogP) is 6.61. The Morgan fingerprint density at radius 3 is 2.28 bits per heavy atom. The van der Waals surface area contributed by atoms with Gasteiger partial charge in [0, 0.05) is 37.7 Å². The van der Waals surface area contributed by atoms with Crippen molar-refractivity contribution in [3.8, 4) is 11.1 Å². The first-order chi connectivity index (χ1) is 25.9. The molecular formula is C42H46F3N3O6. The van der Waals surface area contributed by atoms with Crippen LogP contribution in [0, 0.1) is 0 Å². The van der Waals surface area contributed by atoms with Crippen molar-refractivity contribution in [1.29, 1.82) is 0 Å². The summed E-state index contributed by atoms with van der Waals surface area (Å²) in [6.07, 6.45) is -5.90. The quantitative estimate of drug-likeness (QED) is 0.150. The number of carbonyl (C=O) groups excluding carboxylic acids is 2. The van der Waals surface area contributed by atoms with E-state index < -0.39 is 36.4 Å². The highest BCUT2D eigenvalue weighted by Gasteiger charge is 2.47. The number of halogens is 3. The average Bonchev–Trinajstić information content (AvgIpc) is 3.69. The fraction of sp³-hybridized carbons (Fsp3) is 0.381. The Morgan fingerprint density at radius 1 is 0.926 bits per heavy atom. The molecule has 286 valence electrons. The van der Waals surface area contributed by atoms with E-state index in [-0.39, 0.29) is 44.4 Å². The number of likely N-dealkylation sites (N-methyl/N-ethyl adjacent to an activating group) is 1. The molecule has 12 heteroatoms. The zero-order chi connectivity index (χ0) is 38.4.